The molecule has 70 valence electrons. The van der Waals surface area contributed by atoms with Gasteiger partial charge in [0.1, 0.15) is 5.88 Å². The van der Waals surface area contributed by atoms with Crippen LogP contribution in [0.4, 0.5) is 5.69 Å². The Morgan fingerprint density at radius 3 is 2.77 bits per heavy atom. The maximum atomic E-state index is 10.9. The summed E-state index contributed by atoms with van der Waals surface area (Å²) in [4.78, 5) is 10.9. The molecule has 1 aromatic carbocycles. The van der Waals surface area contributed by atoms with Crippen LogP contribution in [0, 0.1) is 6.92 Å². The van der Waals surface area contributed by atoms with Crippen molar-refractivity contribution in [2.45, 2.75) is 6.92 Å². The molecule has 0 atom stereocenters. The van der Waals surface area contributed by atoms with Gasteiger partial charge in [0.15, 0.2) is 0 Å². The molecule has 0 saturated heterocycles. The van der Waals surface area contributed by atoms with Gasteiger partial charge in [0.2, 0.25) is 5.91 Å². The average molecular weight is 218 g/mol. The van der Waals surface area contributed by atoms with Crippen LogP contribution in [-0.4, -0.2) is 11.8 Å². The summed E-state index contributed by atoms with van der Waals surface area (Å²) in [5.41, 5.74) is 1.64. The third kappa shape index (κ3) is 2.90. The third-order valence-electron chi connectivity index (χ3n) is 1.56. The van der Waals surface area contributed by atoms with Gasteiger partial charge in [-0.15, -0.1) is 11.6 Å². The molecule has 0 aliphatic heterocycles. The quantitative estimate of drug-likeness (QED) is 0.759. The lowest BCUT2D eigenvalue weighted by atomic mass is 10.2. The zero-order valence-electron chi connectivity index (χ0n) is 7.10. The van der Waals surface area contributed by atoms with Gasteiger partial charge in [0.25, 0.3) is 0 Å². The molecular weight excluding hydrogens is 209 g/mol. The minimum absolute atomic E-state index is 0.0400. The van der Waals surface area contributed by atoms with Gasteiger partial charge in [0.05, 0.1) is 0 Å². The van der Waals surface area contributed by atoms with E-state index in [0.29, 0.717) is 10.7 Å². The molecule has 0 aliphatic rings. The predicted molar refractivity (Wildman–Crippen MR) is 55.5 cm³/mol. The summed E-state index contributed by atoms with van der Waals surface area (Å²) >= 11 is 11.1. The van der Waals surface area contributed by atoms with Crippen molar-refractivity contribution in [3.8, 4) is 0 Å². The molecule has 1 rings (SSSR count). The molecule has 2 nitrogen and oxygen atoms in total. The number of carbonyl (C=O) groups excluding carboxylic acids is 1. The van der Waals surface area contributed by atoms with E-state index in [1.165, 1.54) is 0 Å². The highest BCUT2D eigenvalue weighted by atomic mass is 35.5. The second-order valence-electron chi connectivity index (χ2n) is 2.65. The second kappa shape index (κ2) is 4.49. The summed E-state index contributed by atoms with van der Waals surface area (Å²) in [5, 5.41) is 3.31. The minimum atomic E-state index is -0.219. The summed E-state index contributed by atoms with van der Waals surface area (Å²) in [6.45, 7) is 1.87. The molecule has 0 radical (unpaired) electrons. The molecule has 0 spiro atoms. The fourth-order valence-electron chi connectivity index (χ4n) is 0.917. The SMILES string of the molecule is Cc1cc(NC(=O)CCl)ccc1Cl. The molecule has 0 heterocycles. The van der Waals surface area contributed by atoms with Crippen molar-refractivity contribution in [1.29, 1.82) is 0 Å². The standard InChI is InChI=1S/C9H9Cl2NO/c1-6-4-7(2-3-8(6)11)12-9(13)5-10/h2-4H,5H2,1H3,(H,12,13). The van der Waals surface area contributed by atoms with Crippen LogP contribution in [0.15, 0.2) is 18.2 Å². The first-order chi connectivity index (χ1) is 6.13. The van der Waals surface area contributed by atoms with Crippen LogP contribution in [-0.2, 0) is 4.79 Å². The molecule has 4 heteroatoms. The van der Waals surface area contributed by atoms with Crippen LogP contribution >= 0.6 is 23.2 Å². The molecule has 1 amide bonds. The van der Waals surface area contributed by atoms with E-state index in [-0.39, 0.29) is 11.8 Å². The van der Waals surface area contributed by atoms with E-state index in [4.69, 9.17) is 23.2 Å². The van der Waals surface area contributed by atoms with Crippen LogP contribution < -0.4 is 5.32 Å². The fourth-order valence-corrected chi connectivity index (χ4v) is 1.10. The number of amides is 1. The third-order valence-corrected chi connectivity index (χ3v) is 2.23. The van der Waals surface area contributed by atoms with Crippen molar-refractivity contribution in [1.82, 2.24) is 0 Å². The average Bonchev–Trinajstić information content (AvgIpc) is 2.11. The number of hydrogen-bond donors (Lipinski definition) is 1. The highest BCUT2D eigenvalue weighted by Gasteiger charge is 2.01. The Kier molecular flexibility index (Phi) is 3.58. The summed E-state index contributed by atoms with van der Waals surface area (Å²) in [5.74, 6) is -0.259. The topological polar surface area (TPSA) is 29.1 Å². The molecule has 0 saturated carbocycles. The minimum Gasteiger partial charge on any atom is -0.325 e. The first kappa shape index (κ1) is 10.4. The van der Waals surface area contributed by atoms with Crippen molar-refractivity contribution in [3.63, 3.8) is 0 Å². The number of rotatable bonds is 2. The van der Waals surface area contributed by atoms with Gasteiger partial charge in [-0.1, -0.05) is 11.6 Å². The maximum Gasteiger partial charge on any atom is 0.239 e. The van der Waals surface area contributed by atoms with Gasteiger partial charge in [-0.05, 0) is 30.7 Å². The lowest BCUT2D eigenvalue weighted by Gasteiger charge is -2.04. The molecule has 1 N–H and O–H groups in total. The van der Waals surface area contributed by atoms with E-state index in [2.05, 4.69) is 5.32 Å². The Labute approximate surface area is 86.8 Å². The molecule has 0 aromatic heterocycles. The first-order valence-electron chi connectivity index (χ1n) is 3.75. The maximum absolute atomic E-state index is 10.9. The van der Waals surface area contributed by atoms with Gasteiger partial charge < -0.3 is 5.32 Å². The number of alkyl halides is 1. The Balaban J connectivity index is 2.79. The van der Waals surface area contributed by atoms with Gasteiger partial charge in [-0.3, -0.25) is 4.79 Å². The number of anilines is 1. The summed E-state index contributed by atoms with van der Waals surface area (Å²) in [6.07, 6.45) is 0. The number of carbonyl (C=O) groups is 1. The number of hydrogen-bond acceptors (Lipinski definition) is 1. The highest BCUT2D eigenvalue weighted by molar-refractivity contribution is 6.31. The van der Waals surface area contributed by atoms with Crippen LogP contribution in [0.2, 0.25) is 5.02 Å². The molecule has 0 bridgehead atoms. The monoisotopic (exact) mass is 217 g/mol. The van der Waals surface area contributed by atoms with Gasteiger partial charge >= 0.3 is 0 Å². The summed E-state index contributed by atoms with van der Waals surface area (Å²) in [7, 11) is 0. The zero-order chi connectivity index (χ0) is 9.84. The van der Waals surface area contributed by atoms with Gasteiger partial charge in [-0.25, -0.2) is 0 Å². The van der Waals surface area contributed by atoms with Crippen molar-refractivity contribution in [2.75, 3.05) is 11.2 Å². The Bertz CT molecular complexity index is 325. The Hall–Kier alpha value is -0.730. The largest absolute Gasteiger partial charge is 0.325 e. The van der Waals surface area contributed by atoms with E-state index in [0.717, 1.165) is 5.56 Å². The summed E-state index contributed by atoms with van der Waals surface area (Å²) in [6, 6.07) is 5.27. The fraction of sp³-hybridized carbons (Fsp3) is 0.222. The van der Waals surface area contributed by atoms with E-state index < -0.39 is 0 Å². The second-order valence-corrected chi connectivity index (χ2v) is 3.32. The van der Waals surface area contributed by atoms with Crippen molar-refractivity contribution < 1.29 is 4.79 Å². The predicted octanol–water partition coefficient (Wildman–Crippen LogP) is 2.83. The molecule has 0 aliphatic carbocycles. The van der Waals surface area contributed by atoms with Crippen molar-refractivity contribution >= 4 is 34.8 Å². The number of benzene rings is 1. The zero-order valence-corrected chi connectivity index (χ0v) is 8.62. The molecule has 1 aromatic rings. The highest BCUT2D eigenvalue weighted by Crippen LogP contribution is 2.19. The Morgan fingerprint density at radius 1 is 1.54 bits per heavy atom. The molecule has 13 heavy (non-hydrogen) atoms. The summed E-state index contributed by atoms with van der Waals surface area (Å²) < 4.78 is 0. The van der Waals surface area contributed by atoms with Crippen LogP contribution in [0.25, 0.3) is 0 Å². The van der Waals surface area contributed by atoms with E-state index in [1.807, 2.05) is 6.92 Å². The lowest BCUT2D eigenvalue weighted by molar-refractivity contribution is -0.113. The molecule has 0 fully saturated rings. The lowest BCUT2D eigenvalue weighted by Crippen LogP contribution is -2.12. The van der Waals surface area contributed by atoms with E-state index >= 15 is 0 Å². The Morgan fingerprint density at radius 2 is 2.23 bits per heavy atom. The normalized spacial score (nSPS) is 9.77. The van der Waals surface area contributed by atoms with Gasteiger partial charge in [0, 0.05) is 10.7 Å². The number of halogens is 2. The first-order valence-corrected chi connectivity index (χ1v) is 4.66. The van der Waals surface area contributed by atoms with Crippen LogP contribution in [0.5, 0.6) is 0 Å². The van der Waals surface area contributed by atoms with Crippen molar-refractivity contribution in [3.05, 3.63) is 28.8 Å². The smallest absolute Gasteiger partial charge is 0.239 e. The molecular formula is C9H9Cl2NO. The number of aryl methyl sites for hydroxylation is 1. The van der Waals surface area contributed by atoms with Crippen LogP contribution in [0.1, 0.15) is 5.56 Å². The number of nitrogens with one attached hydrogen (secondary N) is 1. The molecule has 0 unspecified atom stereocenters. The van der Waals surface area contributed by atoms with E-state index in [1.54, 1.807) is 18.2 Å². The van der Waals surface area contributed by atoms with E-state index in [9.17, 15) is 4.79 Å². The van der Waals surface area contributed by atoms with Crippen molar-refractivity contribution in [2.24, 2.45) is 0 Å². The van der Waals surface area contributed by atoms with Gasteiger partial charge in [-0.2, -0.15) is 0 Å². The van der Waals surface area contributed by atoms with Crippen LogP contribution in [0.3, 0.4) is 0 Å².